The average molecular weight is 336 g/mol. The van der Waals surface area contributed by atoms with Crippen LogP contribution >= 0.6 is 22.9 Å². The summed E-state index contributed by atoms with van der Waals surface area (Å²) in [6.45, 7) is 2.56. The van der Waals surface area contributed by atoms with Gasteiger partial charge in [-0.15, -0.1) is 22.9 Å². The molecule has 1 amide bonds. The number of nitrogens with zero attached hydrogens (tertiary/aromatic N) is 3. The van der Waals surface area contributed by atoms with Crippen LogP contribution in [0.25, 0.3) is 10.2 Å². The molecule has 22 heavy (non-hydrogen) atoms. The number of aryl methyl sites for hydroxylation is 1. The van der Waals surface area contributed by atoms with E-state index in [0.29, 0.717) is 19.0 Å². The summed E-state index contributed by atoms with van der Waals surface area (Å²) in [6, 6.07) is 6.00. The normalized spacial score (nSPS) is 11.0. The topological polar surface area (TPSA) is 59.2 Å². The summed E-state index contributed by atoms with van der Waals surface area (Å²) < 4.78 is 6.57. The van der Waals surface area contributed by atoms with Gasteiger partial charge < -0.3 is 9.32 Å². The van der Waals surface area contributed by atoms with Crippen LogP contribution in [0.1, 0.15) is 17.2 Å². The molecule has 0 aliphatic heterocycles. The Balaban J connectivity index is 1.80. The number of hydrogen-bond donors (Lipinski definition) is 0. The van der Waals surface area contributed by atoms with Gasteiger partial charge in [-0.2, -0.15) is 0 Å². The maximum atomic E-state index is 12.1. The van der Waals surface area contributed by atoms with E-state index in [1.165, 1.54) is 0 Å². The smallest absolute Gasteiger partial charge is 0.238 e. The van der Waals surface area contributed by atoms with Crippen molar-refractivity contribution < 1.29 is 9.21 Å². The predicted octanol–water partition coefficient (Wildman–Crippen LogP) is 3.36. The maximum Gasteiger partial charge on any atom is 0.238 e. The molecule has 0 atom stereocenters. The molecule has 7 heteroatoms. The molecule has 0 saturated carbocycles. The molecule has 0 aliphatic carbocycles. The molecule has 3 aromatic rings. The van der Waals surface area contributed by atoms with Crippen LogP contribution < -0.4 is 0 Å². The number of hydrogen-bond acceptors (Lipinski definition) is 5. The number of oxazole rings is 1. The number of thiazole rings is 1. The summed E-state index contributed by atoms with van der Waals surface area (Å²) in [5.41, 5.74) is 3.75. The van der Waals surface area contributed by atoms with Crippen LogP contribution in [-0.4, -0.2) is 26.7 Å². The molecule has 2 heterocycles. The van der Waals surface area contributed by atoms with Gasteiger partial charge in [0.15, 0.2) is 0 Å². The molecule has 0 fully saturated rings. The lowest BCUT2D eigenvalue weighted by atomic mass is 10.2. The first kappa shape index (κ1) is 15.0. The Bertz CT molecular complexity index is 799. The number of amides is 1. The Morgan fingerprint density at radius 3 is 2.95 bits per heavy atom. The fourth-order valence-electron chi connectivity index (χ4n) is 2.18. The Morgan fingerprint density at radius 1 is 1.36 bits per heavy atom. The van der Waals surface area contributed by atoms with Crippen molar-refractivity contribution in [2.75, 3.05) is 5.88 Å². The second-order valence-corrected chi connectivity index (χ2v) is 6.06. The van der Waals surface area contributed by atoms with Gasteiger partial charge in [0.2, 0.25) is 11.8 Å². The second-order valence-electron chi connectivity index (χ2n) is 4.90. The van der Waals surface area contributed by atoms with Gasteiger partial charge in [-0.1, -0.05) is 6.07 Å². The van der Waals surface area contributed by atoms with E-state index >= 15 is 0 Å². The Kier molecular flexibility index (Phi) is 4.40. The van der Waals surface area contributed by atoms with E-state index in [2.05, 4.69) is 9.97 Å². The molecule has 0 unspecified atom stereocenters. The van der Waals surface area contributed by atoms with E-state index in [1.54, 1.807) is 22.4 Å². The van der Waals surface area contributed by atoms with Crippen LogP contribution in [-0.2, 0) is 17.9 Å². The van der Waals surface area contributed by atoms with E-state index < -0.39 is 0 Å². The molecule has 3 rings (SSSR count). The molecule has 1 aromatic carbocycles. The zero-order chi connectivity index (χ0) is 15.5. The van der Waals surface area contributed by atoms with Gasteiger partial charge in [0.25, 0.3) is 0 Å². The SMILES string of the molecule is Cc1cnc(CN(Cc2ccc3scnc3c2)C(=O)CCl)o1. The molecule has 114 valence electrons. The van der Waals surface area contributed by atoms with E-state index in [4.69, 9.17) is 16.0 Å². The first-order chi connectivity index (χ1) is 10.7. The molecule has 0 radical (unpaired) electrons. The fourth-order valence-corrected chi connectivity index (χ4v) is 3.00. The zero-order valence-electron chi connectivity index (χ0n) is 12.0. The summed E-state index contributed by atoms with van der Waals surface area (Å²) in [5, 5.41) is 0. The number of halogens is 1. The summed E-state index contributed by atoms with van der Waals surface area (Å²) in [4.78, 5) is 22.1. The highest BCUT2D eigenvalue weighted by molar-refractivity contribution is 7.16. The van der Waals surface area contributed by atoms with Gasteiger partial charge in [-0.05, 0) is 24.6 Å². The van der Waals surface area contributed by atoms with Crippen LogP contribution in [0.2, 0.25) is 0 Å². The van der Waals surface area contributed by atoms with Gasteiger partial charge in [0.1, 0.15) is 11.6 Å². The van der Waals surface area contributed by atoms with Crippen molar-refractivity contribution in [3.05, 3.63) is 47.1 Å². The van der Waals surface area contributed by atoms with Crippen LogP contribution in [0.4, 0.5) is 0 Å². The van der Waals surface area contributed by atoms with Crippen LogP contribution in [0, 0.1) is 6.92 Å². The van der Waals surface area contributed by atoms with Crippen LogP contribution in [0.3, 0.4) is 0 Å². The van der Waals surface area contributed by atoms with Gasteiger partial charge in [0.05, 0.1) is 28.5 Å². The van der Waals surface area contributed by atoms with Crippen molar-refractivity contribution in [3.63, 3.8) is 0 Å². The summed E-state index contributed by atoms with van der Waals surface area (Å²) in [7, 11) is 0. The fraction of sp³-hybridized carbons (Fsp3) is 0.267. The molecular formula is C15H14ClN3O2S. The monoisotopic (exact) mass is 335 g/mol. The third-order valence-corrected chi connectivity index (χ3v) is 4.27. The second kappa shape index (κ2) is 6.46. The van der Waals surface area contributed by atoms with E-state index in [1.807, 2.05) is 30.6 Å². The highest BCUT2D eigenvalue weighted by Gasteiger charge is 2.16. The molecule has 0 bridgehead atoms. The molecule has 0 spiro atoms. The van der Waals surface area contributed by atoms with E-state index in [-0.39, 0.29) is 11.8 Å². The minimum absolute atomic E-state index is 0.0708. The van der Waals surface area contributed by atoms with E-state index in [9.17, 15) is 4.79 Å². The summed E-state index contributed by atoms with van der Waals surface area (Å²) in [5.74, 6) is 0.998. The molecule has 0 aliphatic rings. The number of carbonyl (C=O) groups excluding carboxylic acids is 1. The van der Waals surface area contributed by atoms with Crippen molar-refractivity contribution in [2.24, 2.45) is 0 Å². The Hall–Kier alpha value is -1.92. The minimum Gasteiger partial charge on any atom is -0.444 e. The maximum absolute atomic E-state index is 12.1. The third-order valence-electron chi connectivity index (χ3n) is 3.23. The van der Waals surface area contributed by atoms with Gasteiger partial charge in [0, 0.05) is 6.54 Å². The van der Waals surface area contributed by atoms with Crippen molar-refractivity contribution in [2.45, 2.75) is 20.0 Å². The number of aromatic nitrogens is 2. The van der Waals surface area contributed by atoms with Crippen molar-refractivity contribution in [1.29, 1.82) is 0 Å². The average Bonchev–Trinajstić information content (AvgIpc) is 3.14. The quantitative estimate of drug-likeness (QED) is 0.671. The third kappa shape index (κ3) is 3.28. The van der Waals surface area contributed by atoms with Crippen molar-refractivity contribution in [3.8, 4) is 0 Å². The Morgan fingerprint density at radius 2 is 2.23 bits per heavy atom. The zero-order valence-corrected chi connectivity index (χ0v) is 13.5. The number of fused-ring (bicyclic) bond motifs is 1. The molecule has 0 N–H and O–H groups in total. The van der Waals surface area contributed by atoms with Gasteiger partial charge in [-0.25, -0.2) is 9.97 Å². The highest BCUT2D eigenvalue weighted by atomic mass is 35.5. The van der Waals surface area contributed by atoms with E-state index in [0.717, 1.165) is 21.5 Å². The van der Waals surface area contributed by atoms with Crippen LogP contribution in [0.5, 0.6) is 0 Å². The Labute approximate surface area is 136 Å². The molecule has 0 saturated heterocycles. The molecular weight excluding hydrogens is 322 g/mol. The number of rotatable bonds is 5. The lowest BCUT2D eigenvalue weighted by molar-refractivity contribution is -0.130. The minimum atomic E-state index is -0.157. The first-order valence-corrected chi connectivity index (χ1v) is 8.14. The first-order valence-electron chi connectivity index (χ1n) is 6.73. The lowest BCUT2D eigenvalue weighted by Crippen LogP contribution is -2.31. The predicted molar refractivity (Wildman–Crippen MR) is 85.8 cm³/mol. The van der Waals surface area contributed by atoms with Crippen LogP contribution in [0.15, 0.2) is 34.3 Å². The highest BCUT2D eigenvalue weighted by Crippen LogP contribution is 2.20. The van der Waals surface area contributed by atoms with Crippen molar-refractivity contribution in [1.82, 2.24) is 14.9 Å². The number of alkyl halides is 1. The van der Waals surface area contributed by atoms with Gasteiger partial charge in [-0.3, -0.25) is 4.79 Å². The molecule has 2 aromatic heterocycles. The summed E-state index contributed by atoms with van der Waals surface area (Å²) in [6.07, 6.45) is 1.64. The molecule has 5 nitrogen and oxygen atoms in total. The number of benzene rings is 1. The largest absolute Gasteiger partial charge is 0.444 e. The standard InChI is InChI=1S/C15H14ClN3O2S/c1-10-6-17-14(21-10)8-19(15(20)5-16)7-11-2-3-13-12(4-11)18-9-22-13/h2-4,6,9H,5,7-8H2,1H3. The number of carbonyl (C=O) groups is 1. The van der Waals surface area contributed by atoms with Crippen molar-refractivity contribution >= 4 is 39.1 Å². The van der Waals surface area contributed by atoms with Gasteiger partial charge >= 0.3 is 0 Å². The summed E-state index contributed by atoms with van der Waals surface area (Å²) >= 11 is 7.30. The lowest BCUT2D eigenvalue weighted by Gasteiger charge is -2.20.